The number of hydrogen-bond acceptors (Lipinski definition) is 1. The number of hydrogen-bond donors (Lipinski definition) is 0. The summed E-state index contributed by atoms with van der Waals surface area (Å²) < 4.78 is 57.8. The quantitative estimate of drug-likeness (QED) is 0.192. The van der Waals surface area contributed by atoms with Crippen molar-refractivity contribution in [2.75, 3.05) is 0 Å². The fourth-order valence-electron chi connectivity index (χ4n) is 4.23. The van der Waals surface area contributed by atoms with Gasteiger partial charge in [-0.05, 0) is 0 Å². The molecular formula is C28H27F4GeN. The summed E-state index contributed by atoms with van der Waals surface area (Å²) in [6.45, 7) is 4.15. The second kappa shape index (κ2) is 8.84. The number of halogens is 4. The molecule has 0 N–H and O–H groups in total. The zero-order chi connectivity index (χ0) is 24.8. The summed E-state index contributed by atoms with van der Waals surface area (Å²) in [5.74, 6) is 5.93. The molecule has 6 heteroatoms. The molecular weight excluding hydrogens is 499 g/mol. The van der Waals surface area contributed by atoms with Crippen molar-refractivity contribution in [1.29, 1.82) is 0 Å². The Balaban J connectivity index is 1.94. The van der Waals surface area contributed by atoms with Crippen LogP contribution in [0.25, 0.3) is 33.2 Å². The first kappa shape index (κ1) is 24.5. The van der Waals surface area contributed by atoms with Crippen molar-refractivity contribution < 1.29 is 17.6 Å². The number of alkyl halides is 3. The van der Waals surface area contributed by atoms with E-state index < -0.39 is 30.8 Å². The van der Waals surface area contributed by atoms with E-state index in [1.165, 1.54) is 18.2 Å². The molecule has 1 aromatic heterocycles. The van der Waals surface area contributed by atoms with Crippen molar-refractivity contribution in [2.45, 2.75) is 43.2 Å². The van der Waals surface area contributed by atoms with Crippen LogP contribution in [0.15, 0.2) is 66.9 Å². The molecule has 4 rings (SSSR count). The zero-order valence-corrected chi connectivity index (χ0v) is 22.0. The molecule has 0 aliphatic rings. The predicted octanol–water partition coefficient (Wildman–Crippen LogP) is 8.40. The van der Waals surface area contributed by atoms with Gasteiger partial charge in [-0.2, -0.15) is 0 Å². The van der Waals surface area contributed by atoms with Crippen LogP contribution in [0.2, 0.25) is 17.3 Å². The van der Waals surface area contributed by atoms with Gasteiger partial charge in [-0.1, -0.05) is 6.07 Å². The second-order valence-electron chi connectivity index (χ2n) is 10.00. The molecule has 0 spiro atoms. The van der Waals surface area contributed by atoms with Crippen molar-refractivity contribution in [1.82, 2.24) is 4.98 Å². The van der Waals surface area contributed by atoms with Crippen LogP contribution in [0.1, 0.15) is 30.9 Å². The standard InChI is InChI=1S/C28H27F4GeN/c1-17(2)23-13-19(12-18-8-6-7-9-21(18)23)27-15-24(25(16-34-27)28(30,31)32)22-11-10-20(14-26(22)29)33(3,4)5/h6-17H,1-5H3. The van der Waals surface area contributed by atoms with E-state index in [2.05, 4.69) is 36.1 Å². The van der Waals surface area contributed by atoms with Gasteiger partial charge in [-0.15, -0.1) is 0 Å². The Bertz CT molecular complexity index is 1370. The summed E-state index contributed by atoms with van der Waals surface area (Å²) in [5.41, 5.74) is 0.985. The van der Waals surface area contributed by atoms with Gasteiger partial charge in [0.15, 0.2) is 0 Å². The Hall–Kier alpha value is -2.67. The number of rotatable bonds is 4. The molecule has 3 aromatic carbocycles. The summed E-state index contributed by atoms with van der Waals surface area (Å²) in [4.78, 5) is 4.16. The summed E-state index contributed by atoms with van der Waals surface area (Å²) in [5, 5.41) is 2.09. The van der Waals surface area contributed by atoms with Gasteiger partial charge in [0.25, 0.3) is 0 Å². The maximum atomic E-state index is 15.2. The van der Waals surface area contributed by atoms with Crippen LogP contribution < -0.4 is 4.40 Å². The molecule has 0 fully saturated rings. The van der Waals surface area contributed by atoms with Crippen molar-refractivity contribution >= 4 is 28.4 Å². The van der Waals surface area contributed by atoms with Crippen LogP contribution in [0.5, 0.6) is 0 Å². The van der Waals surface area contributed by atoms with Gasteiger partial charge in [0, 0.05) is 0 Å². The summed E-state index contributed by atoms with van der Waals surface area (Å²) in [6.07, 6.45) is -3.83. The monoisotopic (exact) mass is 527 g/mol. The van der Waals surface area contributed by atoms with E-state index in [9.17, 15) is 13.2 Å². The van der Waals surface area contributed by atoms with E-state index >= 15 is 4.39 Å². The molecule has 0 amide bonds. The van der Waals surface area contributed by atoms with E-state index in [0.717, 1.165) is 26.9 Å². The zero-order valence-electron chi connectivity index (χ0n) is 19.9. The Morgan fingerprint density at radius 1 is 0.853 bits per heavy atom. The number of pyridine rings is 1. The molecule has 0 bridgehead atoms. The van der Waals surface area contributed by atoms with Crippen molar-refractivity contribution in [3.63, 3.8) is 0 Å². The Labute approximate surface area is 200 Å². The maximum absolute atomic E-state index is 15.2. The van der Waals surface area contributed by atoms with Crippen molar-refractivity contribution in [2.24, 2.45) is 0 Å². The van der Waals surface area contributed by atoms with Crippen LogP contribution in [0.4, 0.5) is 17.6 Å². The van der Waals surface area contributed by atoms with Gasteiger partial charge >= 0.3 is 194 Å². The molecule has 1 nitrogen and oxygen atoms in total. The second-order valence-corrected chi connectivity index (χ2v) is 20.7. The Morgan fingerprint density at radius 2 is 1.56 bits per heavy atom. The first-order valence-corrected chi connectivity index (χ1v) is 18.6. The average molecular weight is 526 g/mol. The topological polar surface area (TPSA) is 12.9 Å². The normalized spacial score (nSPS) is 12.5. The van der Waals surface area contributed by atoms with Crippen LogP contribution in [0.3, 0.4) is 0 Å². The van der Waals surface area contributed by atoms with E-state index in [-0.39, 0.29) is 17.0 Å². The molecule has 0 radical (unpaired) electrons. The molecule has 0 aliphatic carbocycles. The van der Waals surface area contributed by atoms with Gasteiger partial charge in [-0.25, -0.2) is 0 Å². The predicted molar refractivity (Wildman–Crippen MR) is 135 cm³/mol. The van der Waals surface area contributed by atoms with Crippen molar-refractivity contribution in [3.05, 3.63) is 83.8 Å². The molecule has 0 saturated carbocycles. The minimum atomic E-state index is -4.65. The van der Waals surface area contributed by atoms with Crippen LogP contribution in [-0.2, 0) is 6.18 Å². The molecule has 34 heavy (non-hydrogen) atoms. The summed E-state index contributed by atoms with van der Waals surface area (Å²) in [6, 6.07) is 17.8. The van der Waals surface area contributed by atoms with Crippen LogP contribution in [-0.4, -0.2) is 18.3 Å². The van der Waals surface area contributed by atoms with Crippen molar-refractivity contribution in [3.8, 4) is 22.4 Å². The third-order valence-corrected chi connectivity index (χ3v) is 10.4. The SMILES string of the molecule is CC(C)c1cc(-c2cc(-c3cc[c]([Ge]([CH3])([CH3])[CH3])cc3F)c(C(F)(F)F)cn2)cc2ccccc12. The third kappa shape index (κ3) is 4.76. The summed E-state index contributed by atoms with van der Waals surface area (Å²) in [7, 11) is 0. The van der Waals surface area contributed by atoms with Crippen LogP contribution in [0, 0.1) is 5.82 Å². The fourth-order valence-corrected chi connectivity index (χ4v) is 6.63. The van der Waals surface area contributed by atoms with Gasteiger partial charge < -0.3 is 0 Å². The first-order valence-electron chi connectivity index (χ1n) is 11.3. The first-order chi connectivity index (χ1) is 15.9. The fraction of sp³-hybridized carbons (Fsp3) is 0.250. The van der Waals surface area contributed by atoms with E-state index in [0.29, 0.717) is 11.3 Å². The Morgan fingerprint density at radius 3 is 2.18 bits per heavy atom. The Kier molecular flexibility index (Phi) is 6.36. The van der Waals surface area contributed by atoms with E-state index in [1.54, 1.807) is 6.07 Å². The van der Waals surface area contributed by atoms with Gasteiger partial charge in [-0.3, -0.25) is 0 Å². The molecule has 4 aromatic rings. The van der Waals surface area contributed by atoms with Gasteiger partial charge in [0.05, 0.1) is 0 Å². The third-order valence-electron chi connectivity index (χ3n) is 6.15. The number of nitrogens with zero attached hydrogens (tertiary/aromatic N) is 1. The molecule has 0 aliphatic heterocycles. The van der Waals surface area contributed by atoms with Gasteiger partial charge in [0.2, 0.25) is 0 Å². The van der Waals surface area contributed by atoms with Crippen LogP contribution >= 0.6 is 0 Å². The molecule has 176 valence electrons. The number of aromatic nitrogens is 1. The van der Waals surface area contributed by atoms with Gasteiger partial charge in [0.1, 0.15) is 0 Å². The molecule has 0 saturated heterocycles. The van der Waals surface area contributed by atoms with E-state index in [1.807, 2.05) is 36.4 Å². The molecule has 0 atom stereocenters. The number of fused-ring (bicyclic) bond motifs is 1. The van der Waals surface area contributed by atoms with E-state index in [4.69, 9.17) is 0 Å². The molecule has 0 unspecified atom stereocenters. The summed E-state index contributed by atoms with van der Waals surface area (Å²) >= 11 is -2.34. The minimum absolute atomic E-state index is 0.0590. The number of benzene rings is 3. The average Bonchev–Trinajstić information content (AvgIpc) is 2.76. The molecule has 1 heterocycles.